The van der Waals surface area contributed by atoms with Gasteiger partial charge in [0.1, 0.15) is 17.4 Å². The summed E-state index contributed by atoms with van der Waals surface area (Å²) in [5.74, 6) is -0.947. The van der Waals surface area contributed by atoms with Crippen molar-refractivity contribution in [2.24, 2.45) is 0 Å². The number of anilines is 2. The van der Waals surface area contributed by atoms with Gasteiger partial charge in [-0.15, -0.1) is 0 Å². The highest BCUT2D eigenvalue weighted by atomic mass is 19.1. The Morgan fingerprint density at radius 1 is 1.11 bits per heavy atom. The van der Waals surface area contributed by atoms with Crippen LogP contribution in [-0.2, 0) is 4.79 Å². The average molecular weight is 375 g/mol. The SMILES string of the molecule is COc1ccccc1N1CCN([C@H](C)C(=O)Nc2ccc(F)cc2F)CC1. The van der Waals surface area contributed by atoms with Crippen LogP contribution in [0.5, 0.6) is 5.75 Å². The van der Waals surface area contributed by atoms with E-state index in [9.17, 15) is 13.6 Å². The Balaban J connectivity index is 1.59. The summed E-state index contributed by atoms with van der Waals surface area (Å²) in [6.07, 6.45) is 0. The van der Waals surface area contributed by atoms with E-state index in [2.05, 4.69) is 10.2 Å². The molecule has 2 aromatic carbocycles. The van der Waals surface area contributed by atoms with Crippen LogP contribution < -0.4 is 15.0 Å². The van der Waals surface area contributed by atoms with Gasteiger partial charge in [0, 0.05) is 32.2 Å². The Labute approximate surface area is 157 Å². The maximum atomic E-state index is 13.7. The van der Waals surface area contributed by atoms with Gasteiger partial charge in [0.25, 0.3) is 0 Å². The van der Waals surface area contributed by atoms with Gasteiger partial charge in [-0.25, -0.2) is 8.78 Å². The van der Waals surface area contributed by atoms with Crippen LogP contribution in [0.1, 0.15) is 6.92 Å². The third kappa shape index (κ3) is 4.36. The average Bonchev–Trinajstić information content (AvgIpc) is 2.69. The van der Waals surface area contributed by atoms with Crippen LogP contribution >= 0.6 is 0 Å². The Morgan fingerprint density at radius 2 is 1.81 bits per heavy atom. The summed E-state index contributed by atoms with van der Waals surface area (Å²) in [7, 11) is 1.65. The third-order valence-corrected chi connectivity index (χ3v) is 4.86. The number of benzene rings is 2. The number of carbonyl (C=O) groups excluding carboxylic acids is 1. The summed E-state index contributed by atoms with van der Waals surface area (Å²) < 4.78 is 32.1. The molecule has 0 bridgehead atoms. The zero-order valence-corrected chi connectivity index (χ0v) is 15.4. The van der Waals surface area contributed by atoms with Gasteiger partial charge in [-0.3, -0.25) is 9.69 Å². The fraction of sp³-hybridized carbons (Fsp3) is 0.350. The predicted molar refractivity (Wildman–Crippen MR) is 101 cm³/mol. The molecule has 1 fully saturated rings. The van der Waals surface area contributed by atoms with E-state index in [-0.39, 0.29) is 11.6 Å². The molecular formula is C20H23F2N3O2. The number of piperazine rings is 1. The maximum absolute atomic E-state index is 13.7. The quantitative estimate of drug-likeness (QED) is 0.872. The number of methoxy groups -OCH3 is 1. The van der Waals surface area contributed by atoms with Crippen LogP contribution in [0.4, 0.5) is 20.2 Å². The van der Waals surface area contributed by atoms with E-state index < -0.39 is 17.7 Å². The second-order valence-corrected chi connectivity index (χ2v) is 6.48. The molecule has 1 heterocycles. The van der Waals surface area contributed by atoms with Gasteiger partial charge in [-0.2, -0.15) is 0 Å². The lowest BCUT2D eigenvalue weighted by atomic mass is 10.2. The summed E-state index contributed by atoms with van der Waals surface area (Å²) in [6, 6.07) is 10.5. The summed E-state index contributed by atoms with van der Waals surface area (Å²) in [6.45, 7) is 4.68. The summed E-state index contributed by atoms with van der Waals surface area (Å²) in [4.78, 5) is 16.7. The van der Waals surface area contributed by atoms with Crippen LogP contribution in [0, 0.1) is 11.6 Å². The molecule has 1 atom stereocenters. The lowest BCUT2D eigenvalue weighted by molar-refractivity contribution is -0.120. The molecule has 1 aliphatic rings. The van der Waals surface area contributed by atoms with Gasteiger partial charge in [0.2, 0.25) is 5.91 Å². The normalized spacial score (nSPS) is 16.1. The Morgan fingerprint density at radius 3 is 2.48 bits per heavy atom. The summed E-state index contributed by atoms with van der Waals surface area (Å²) >= 11 is 0. The number of nitrogens with zero attached hydrogens (tertiary/aromatic N) is 2. The summed E-state index contributed by atoms with van der Waals surface area (Å²) in [5.41, 5.74) is 1.02. The van der Waals surface area contributed by atoms with E-state index >= 15 is 0 Å². The van der Waals surface area contributed by atoms with Crippen molar-refractivity contribution >= 4 is 17.3 Å². The van der Waals surface area contributed by atoms with Crippen molar-refractivity contribution in [2.45, 2.75) is 13.0 Å². The fourth-order valence-corrected chi connectivity index (χ4v) is 3.23. The monoisotopic (exact) mass is 375 g/mol. The van der Waals surface area contributed by atoms with Gasteiger partial charge in [0.05, 0.1) is 24.5 Å². The first-order valence-electron chi connectivity index (χ1n) is 8.87. The van der Waals surface area contributed by atoms with Crippen LogP contribution in [0.15, 0.2) is 42.5 Å². The number of rotatable bonds is 5. The molecule has 2 aromatic rings. The minimum Gasteiger partial charge on any atom is -0.495 e. The van der Waals surface area contributed by atoms with Gasteiger partial charge in [0.15, 0.2) is 0 Å². The highest BCUT2D eigenvalue weighted by molar-refractivity contribution is 5.94. The number of ether oxygens (including phenoxy) is 1. The van der Waals surface area contributed by atoms with Crippen molar-refractivity contribution in [1.29, 1.82) is 0 Å². The number of hydrogen-bond acceptors (Lipinski definition) is 4. The lowest BCUT2D eigenvalue weighted by Crippen LogP contribution is -2.53. The summed E-state index contributed by atoms with van der Waals surface area (Å²) in [5, 5.41) is 2.54. The number of para-hydroxylation sites is 2. The second-order valence-electron chi connectivity index (χ2n) is 6.48. The maximum Gasteiger partial charge on any atom is 0.241 e. The van der Waals surface area contributed by atoms with Gasteiger partial charge < -0.3 is 15.0 Å². The first kappa shape index (κ1) is 19.1. The number of carbonyl (C=O) groups is 1. The van der Waals surface area contributed by atoms with Crippen LogP contribution in [0.3, 0.4) is 0 Å². The highest BCUT2D eigenvalue weighted by Crippen LogP contribution is 2.28. The molecule has 0 spiro atoms. The van der Waals surface area contributed by atoms with E-state index in [0.29, 0.717) is 13.1 Å². The van der Waals surface area contributed by atoms with E-state index in [1.54, 1.807) is 14.0 Å². The Bertz CT molecular complexity index is 808. The molecule has 1 N–H and O–H groups in total. The molecule has 0 aliphatic carbocycles. The molecule has 3 rings (SSSR count). The van der Waals surface area contributed by atoms with Crippen molar-refractivity contribution in [3.8, 4) is 5.75 Å². The van der Waals surface area contributed by atoms with E-state index in [1.807, 2.05) is 29.2 Å². The minimum atomic E-state index is -0.781. The molecule has 1 saturated heterocycles. The smallest absolute Gasteiger partial charge is 0.241 e. The van der Waals surface area contributed by atoms with Crippen LogP contribution in [-0.4, -0.2) is 50.1 Å². The van der Waals surface area contributed by atoms with E-state index in [4.69, 9.17) is 4.74 Å². The van der Waals surface area contributed by atoms with E-state index in [1.165, 1.54) is 6.07 Å². The number of amides is 1. The van der Waals surface area contributed by atoms with Crippen molar-refractivity contribution in [3.63, 3.8) is 0 Å². The third-order valence-electron chi connectivity index (χ3n) is 4.86. The van der Waals surface area contributed by atoms with Crippen molar-refractivity contribution in [2.75, 3.05) is 43.5 Å². The highest BCUT2D eigenvalue weighted by Gasteiger charge is 2.27. The molecule has 0 radical (unpaired) electrons. The molecule has 144 valence electrons. The van der Waals surface area contributed by atoms with Crippen molar-refractivity contribution in [1.82, 2.24) is 4.90 Å². The van der Waals surface area contributed by atoms with Gasteiger partial charge >= 0.3 is 0 Å². The van der Waals surface area contributed by atoms with Crippen molar-refractivity contribution in [3.05, 3.63) is 54.1 Å². The molecule has 7 heteroatoms. The van der Waals surface area contributed by atoms with Crippen LogP contribution in [0.25, 0.3) is 0 Å². The van der Waals surface area contributed by atoms with Crippen LogP contribution in [0.2, 0.25) is 0 Å². The second kappa shape index (κ2) is 8.35. The molecular weight excluding hydrogens is 352 g/mol. The van der Waals surface area contributed by atoms with E-state index in [0.717, 1.165) is 36.7 Å². The zero-order chi connectivity index (χ0) is 19.4. The predicted octanol–water partition coefficient (Wildman–Crippen LogP) is 3.12. The molecule has 1 aliphatic heterocycles. The molecule has 0 unspecified atom stereocenters. The molecule has 1 amide bonds. The van der Waals surface area contributed by atoms with Crippen molar-refractivity contribution < 1.29 is 18.3 Å². The topological polar surface area (TPSA) is 44.8 Å². The minimum absolute atomic E-state index is 0.0130. The number of halogens is 2. The fourth-order valence-electron chi connectivity index (χ4n) is 3.23. The number of hydrogen-bond donors (Lipinski definition) is 1. The molecule has 27 heavy (non-hydrogen) atoms. The standard InChI is InChI=1S/C20H23F2N3O2/c1-14(20(26)23-17-8-7-15(21)13-16(17)22)24-9-11-25(12-10-24)18-5-3-4-6-19(18)27-2/h3-8,13-14H,9-12H2,1-2H3,(H,23,26)/t14-/m1/s1. The first-order chi connectivity index (χ1) is 13.0. The first-order valence-corrected chi connectivity index (χ1v) is 8.87. The largest absolute Gasteiger partial charge is 0.495 e. The zero-order valence-electron chi connectivity index (χ0n) is 15.4. The van der Waals surface area contributed by atoms with Gasteiger partial charge in [-0.05, 0) is 31.2 Å². The molecule has 0 aromatic heterocycles. The molecule has 5 nitrogen and oxygen atoms in total. The number of nitrogens with one attached hydrogen (secondary N) is 1. The molecule has 0 saturated carbocycles. The lowest BCUT2D eigenvalue weighted by Gasteiger charge is -2.38. The Hall–Kier alpha value is -2.67. The Kier molecular flexibility index (Phi) is 5.91. The van der Waals surface area contributed by atoms with Gasteiger partial charge in [-0.1, -0.05) is 12.1 Å².